The Balaban J connectivity index is 2.40. The highest BCUT2D eigenvalue weighted by atomic mass is 79.9. The quantitative estimate of drug-likeness (QED) is 0.932. The number of aliphatic hydroxyl groups excluding tert-OH is 1. The molecule has 0 aliphatic heterocycles. The third-order valence-electron chi connectivity index (χ3n) is 2.72. The third kappa shape index (κ3) is 2.68. The standard InChI is InChI=1S/C14H14BrNO/c1-16(13-5-3-2-4-6-13)14-8-7-12(15)9-11(14)10-17/h2-9,17H,10H2,1H3. The van der Waals surface area contributed by atoms with Gasteiger partial charge in [0.05, 0.1) is 6.61 Å². The number of aliphatic hydroxyl groups is 1. The third-order valence-corrected chi connectivity index (χ3v) is 3.21. The molecule has 2 aromatic carbocycles. The molecule has 0 aliphatic carbocycles. The Hall–Kier alpha value is -1.32. The molecular formula is C14H14BrNO. The smallest absolute Gasteiger partial charge is 0.0702 e. The van der Waals surface area contributed by atoms with E-state index in [1.54, 1.807) is 0 Å². The molecule has 0 fully saturated rings. The van der Waals surface area contributed by atoms with Crippen LogP contribution in [0.25, 0.3) is 0 Å². The Morgan fingerprint density at radius 2 is 1.82 bits per heavy atom. The van der Waals surface area contributed by atoms with E-state index in [4.69, 9.17) is 0 Å². The fourth-order valence-electron chi connectivity index (χ4n) is 1.80. The summed E-state index contributed by atoms with van der Waals surface area (Å²) in [4.78, 5) is 2.07. The number of para-hydroxylation sites is 1. The zero-order chi connectivity index (χ0) is 12.3. The Morgan fingerprint density at radius 1 is 1.12 bits per heavy atom. The number of hydrogen-bond donors (Lipinski definition) is 1. The lowest BCUT2D eigenvalue weighted by Gasteiger charge is -2.22. The number of halogens is 1. The van der Waals surface area contributed by atoms with Gasteiger partial charge in [-0.1, -0.05) is 34.1 Å². The van der Waals surface area contributed by atoms with Crippen LogP contribution in [0, 0.1) is 0 Å². The Kier molecular flexibility index (Phi) is 3.82. The van der Waals surface area contributed by atoms with Crippen molar-refractivity contribution < 1.29 is 5.11 Å². The van der Waals surface area contributed by atoms with E-state index < -0.39 is 0 Å². The SMILES string of the molecule is CN(c1ccccc1)c1ccc(Br)cc1CO. The van der Waals surface area contributed by atoms with Crippen molar-refractivity contribution in [2.45, 2.75) is 6.61 Å². The lowest BCUT2D eigenvalue weighted by Crippen LogP contribution is -2.11. The maximum Gasteiger partial charge on any atom is 0.0702 e. The molecule has 2 rings (SSSR count). The lowest BCUT2D eigenvalue weighted by atomic mass is 10.1. The highest BCUT2D eigenvalue weighted by molar-refractivity contribution is 9.10. The van der Waals surface area contributed by atoms with Gasteiger partial charge in [0.15, 0.2) is 0 Å². The Labute approximate surface area is 110 Å². The maximum absolute atomic E-state index is 9.39. The molecule has 0 saturated heterocycles. The van der Waals surface area contributed by atoms with Crippen LogP contribution in [-0.2, 0) is 6.61 Å². The van der Waals surface area contributed by atoms with Crippen molar-refractivity contribution in [3.63, 3.8) is 0 Å². The molecular weight excluding hydrogens is 278 g/mol. The first kappa shape index (κ1) is 12.1. The molecule has 17 heavy (non-hydrogen) atoms. The summed E-state index contributed by atoms with van der Waals surface area (Å²) in [6.45, 7) is 0.0337. The van der Waals surface area contributed by atoms with Gasteiger partial charge >= 0.3 is 0 Å². The van der Waals surface area contributed by atoms with Gasteiger partial charge < -0.3 is 10.0 Å². The summed E-state index contributed by atoms with van der Waals surface area (Å²) in [6, 6.07) is 16.0. The number of anilines is 2. The van der Waals surface area contributed by atoms with Crippen molar-refractivity contribution in [3.05, 3.63) is 58.6 Å². The molecule has 0 aliphatic rings. The minimum atomic E-state index is 0.0337. The number of rotatable bonds is 3. The molecule has 2 aromatic rings. The molecule has 0 aromatic heterocycles. The Bertz CT molecular complexity index is 499. The van der Waals surface area contributed by atoms with Crippen LogP contribution < -0.4 is 4.90 Å². The molecule has 2 nitrogen and oxygen atoms in total. The van der Waals surface area contributed by atoms with Crippen molar-refractivity contribution in [2.24, 2.45) is 0 Å². The molecule has 0 atom stereocenters. The van der Waals surface area contributed by atoms with E-state index in [1.807, 2.05) is 55.6 Å². The summed E-state index contributed by atoms with van der Waals surface area (Å²) in [5, 5.41) is 9.39. The van der Waals surface area contributed by atoms with Gasteiger partial charge in [0.2, 0.25) is 0 Å². The van der Waals surface area contributed by atoms with Gasteiger partial charge in [-0.15, -0.1) is 0 Å². The van der Waals surface area contributed by atoms with Crippen molar-refractivity contribution in [1.82, 2.24) is 0 Å². The highest BCUT2D eigenvalue weighted by Gasteiger charge is 2.08. The summed E-state index contributed by atoms with van der Waals surface area (Å²) < 4.78 is 0.978. The zero-order valence-corrected chi connectivity index (χ0v) is 11.2. The summed E-state index contributed by atoms with van der Waals surface area (Å²) in [6.07, 6.45) is 0. The molecule has 3 heteroatoms. The molecule has 0 bridgehead atoms. The highest BCUT2D eigenvalue weighted by Crippen LogP contribution is 2.29. The van der Waals surface area contributed by atoms with Crippen LogP contribution >= 0.6 is 15.9 Å². The van der Waals surface area contributed by atoms with Crippen LogP contribution in [0.3, 0.4) is 0 Å². The zero-order valence-electron chi connectivity index (χ0n) is 9.60. The van der Waals surface area contributed by atoms with Crippen LogP contribution in [0.2, 0.25) is 0 Å². The average Bonchev–Trinajstić information content (AvgIpc) is 2.39. The predicted molar refractivity (Wildman–Crippen MR) is 74.6 cm³/mol. The second kappa shape index (κ2) is 5.34. The largest absolute Gasteiger partial charge is 0.392 e. The van der Waals surface area contributed by atoms with Gasteiger partial charge in [0.1, 0.15) is 0 Å². The van der Waals surface area contributed by atoms with Crippen LogP contribution in [0.1, 0.15) is 5.56 Å². The first-order chi connectivity index (χ1) is 8.22. The number of nitrogens with zero attached hydrogens (tertiary/aromatic N) is 1. The van der Waals surface area contributed by atoms with E-state index in [0.29, 0.717) is 0 Å². The fourth-order valence-corrected chi connectivity index (χ4v) is 2.21. The van der Waals surface area contributed by atoms with Crippen LogP contribution in [-0.4, -0.2) is 12.2 Å². The van der Waals surface area contributed by atoms with Crippen molar-refractivity contribution in [3.8, 4) is 0 Å². The first-order valence-corrected chi connectivity index (χ1v) is 6.19. The van der Waals surface area contributed by atoms with E-state index in [1.165, 1.54) is 0 Å². The minimum absolute atomic E-state index is 0.0337. The average molecular weight is 292 g/mol. The second-order valence-corrected chi connectivity index (χ2v) is 4.74. The molecule has 0 heterocycles. The topological polar surface area (TPSA) is 23.5 Å². The summed E-state index contributed by atoms with van der Waals surface area (Å²) in [5.41, 5.74) is 3.03. The lowest BCUT2D eigenvalue weighted by molar-refractivity contribution is 0.282. The van der Waals surface area contributed by atoms with Crippen LogP contribution in [0.4, 0.5) is 11.4 Å². The molecule has 88 valence electrons. The van der Waals surface area contributed by atoms with E-state index in [-0.39, 0.29) is 6.61 Å². The summed E-state index contributed by atoms with van der Waals surface area (Å²) in [7, 11) is 2.00. The second-order valence-electron chi connectivity index (χ2n) is 3.83. The predicted octanol–water partition coefficient (Wildman–Crippen LogP) is 3.71. The van der Waals surface area contributed by atoms with Crippen molar-refractivity contribution in [2.75, 3.05) is 11.9 Å². The molecule has 0 radical (unpaired) electrons. The summed E-state index contributed by atoms with van der Waals surface area (Å²) >= 11 is 3.41. The fraction of sp³-hybridized carbons (Fsp3) is 0.143. The van der Waals surface area contributed by atoms with Gasteiger partial charge in [0.25, 0.3) is 0 Å². The molecule has 0 unspecified atom stereocenters. The van der Waals surface area contributed by atoms with Gasteiger partial charge in [-0.25, -0.2) is 0 Å². The molecule has 0 spiro atoms. The van der Waals surface area contributed by atoms with Gasteiger partial charge in [-0.3, -0.25) is 0 Å². The van der Waals surface area contributed by atoms with Gasteiger partial charge in [0, 0.05) is 28.5 Å². The summed E-state index contributed by atoms with van der Waals surface area (Å²) in [5.74, 6) is 0. The molecule has 0 amide bonds. The molecule has 0 saturated carbocycles. The van der Waals surface area contributed by atoms with Crippen LogP contribution in [0.5, 0.6) is 0 Å². The van der Waals surface area contributed by atoms with Crippen LogP contribution in [0.15, 0.2) is 53.0 Å². The van der Waals surface area contributed by atoms with Crippen molar-refractivity contribution >= 4 is 27.3 Å². The Morgan fingerprint density at radius 3 is 2.47 bits per heavy atom. The van der Waals surface area contributed by atoms with Crippen molar-refractivity contribution in [1.29, 1.82) is 0 Å². The first-order valence-electron chi connectivity index (χ1n) is 5.40. The number of benzene rings is 2. The monoisotopic (exact) mass is 291 g/mol. The minimum Gasteiger partial charge on any atom is -0.392 e. The van der Waals surface area contributed by atoms with Gasteiger partial charge in [-0.05, 0) is 30.3 Å². The molecule has 1 N–H and O–H groups in total. The number of hydrogen-bond acceptors (Lipinski definition) is 2. The van der Waals surface area contributed by atoms with Gasteiger partial charge in [-0.2, -0.15) is 0 Å². The van der Waals surface area contributed by atoms with E-state index >= 15 is 0 Å². The normalized spacial score (nSPS) is 10.3. The van der Waals surface area contributed by atoms with E-state index in [9.17, 15) is 5.11 Å². The maximum atomic E-state index is 9.39. The van der Waals surface area contributed by atoms with E-state index in [2.05, 4.69) is 20.8 Å². The van der Waals surface area contributed by atoms with E-state index in [0.717, 1.165) is 21.4 Å².